The average molecular weight is 448 g/mol. The van der Waals surface area contributed by atoms with E-state index >= 15 is 0 Å². The minimum Gasteiger partial charge on any atom is -0.505 e. The number of nitrogens with one attached hydrogen (secondary N) is 1. The molecule has 24 heavy (non-hydrogen) atoms. The van der Waals surface area contributed by atoms with E-state index in [-0.39, 0.29) is 35.3 Å². The Morgan fingerprint density at radius 3 is 2.29 bits per heavy atom. The minimum atomic E-state index is -1.15. The van der Waals surface area contributed by atoms with Crippen LogP contribution in [-0.4, -0.2) is 36.2 Å². The van der Waals surface area contributed by atoms with E-state index in [4.69, 9.17) is 0 Å². The molecule has 1 aromatic carbocycles. The Morgan fingerprint density at radius 2 is 1.71 bits per heavy atom. The summed E-state index contributed by atoms with van der Waals surface area (Å²) >= 11 is 3.07. The Bertz CT molecular complexity index is 553. The molecule has 0 radical (unpaired) electrons. The number of aromatic hydroxyl groups is 1. The maximum atomic E-state index is 14.0. The van der Waals surface area contributed by atoms with Crippen molar-refractivity contribution < 1.29 is 13.9 Å². The van der Waals surface area contributed by atoms with Crippen LogP contribution in [-0.2, 0) is 0 Å². The molecule has 0 bridgehead atoms. The van der Waals surface area contributed by atoms with Gasteiger partial charge >= 0.3 is 0 Å². The van der Waals surface area contributed by atoms with Gasteiger partial charge in [-0.1, -0.05) is 12.8 Å². The van der Waals surface area contributed by atoms with Gasteiger partial charge in [0.15, 0.2) is 11.6 Å². The lowest BCUT2D eigenvalue weighted by Gasteiger charge is -2.39. The summed E-state index contributed by atoms with van der Waals surface area (Å²) in [6, 6.07) is 1.51. The Hall–Kier alpha value is -0.140. The first-order valence-electron chi connectivity index (χ1n) is 7.90. The zero-order valence-electron chi connectivity index (χ0n) is 13.2. The fourth-order valence-corrected chi connectivity index (χ4v) is 4.23. The van der Waals surface area contributed by atoms with Gasteiger partial charge in [-0.25, -0.2) is 4.39 Å². The third kappa shape index (κ3) is 4.33. The number of piperazine rings is 1. The number of hydrogen-bond acceptors (Lipinski definition) is 3. The first-order chi connectivity index (χ1) is 10.6. The normalized spacial score (nSPS) is 20.3. The van der Waals surface area contributed by atoms with Crippen molar-refractivity contribution in [1.82, 2.24) is 10.2 Å². The molecular formula is C16H23BrCl2F2N2O. The number of hydrogen-bond donors (Lipinski definition) is 2. The summed E-state index contributed by atoms with van der Waals surface area (Å²) in [5, 5.41) is 13.5. The van der Waals surface area contributed by atoms with Gasteiger partial charge in [0.25, 0.3) is 0 Å². The summed E-state index contributed by atoms with van der Waals surface area (Å²) in [5.74, 6) is -2.31. The zero-order chi connectivity index (χ0) is 15.7. The van der Waals surface area contributed by atoms with Crippen LogP contribution in [0, 0.1) is 17.6 Å². The predicted octanol–water partition coefficient (Wildman–Crippen LogP) is 4.41. The Kier molecular flexibility index (Phi) is 8.70. The SMILES string of the molecule is Cl.Cl.Oc1c([C@H](C2CCCC2)N2CCNCC2)cc(Br)c(F)c1F. The highest BCUT2D eigenvalue weighted by molar-refractivity contribution is 9.10. The van der Waals surface area contributed by atoms with Gasteiger partial charge in [-0.05, 0) is 40.8 Å². The summed E-state index contributed by atoms with van der Waals surface area (Å²) in [6.45, 7) is 3.48. The van der Waals surface area contributed by atoms with Gasteiger partial charge in [-0.15, -0.1) is 24.8 Å². The number of rotatable bonds is 3. The highest BCUT2D eigenvalue weighted by Gasteiger charge is 2.35. The molecular weight excluding hydrogens is 425 g/mol. The van der Waals surface area contributed by atoms with Crippen molar-refractivity contribution in [2.24, 2.45) is 5.92 Å². The second-order valence-corrected chi connectivity index (χ2v) is 7.05. The van der Waals surface area contributed by atoms with E-state index in [0.29, 0.717) is 11.5 Å². The number of nitrogens with zero attached hydrogens (tertiary/aromatic N) is 1. The van der Waals surface area contributed by atoms with Crippen LogP contribution in [0.3, 0.4) is 0 Å². The fraction of sp³-hybridized carbons (Fsp3) is 0.625. The molecule has 0 amide bonds. The number of halogens is 5. The molecule has 3 nitrogen and oxygen atoms in total. The molecule has 0 spiro atoms. The summed E-state index contributed by atoms with van der Waals surface area (Å²) in [7, 11) is 0. The molecule has 1 heterocycles. The van der Waals surface area contributed by atoms with Crippen molar-refractivity contribution in [2.75, 3.05) is 26.2 Å². The van der Waals surface area contributed by atoms with Crippen molar-refractivity contribution in [2.45, 2.75) is 31.7 Å². The molecule has 1 atom stereocenters. The summed E-state index contributed by atoms with van der Waals surface area (Å²) in [6.07, 6.45) is 4.48. The maximum Gasteiger partial charge on any atom is 0.201 e. The molecule has 2 fully saturated rings. The zero-order valence-corrected chi connectivity index (χ0v) is 16.5. The van der Waals surface area contributed by atoms with E-state index in [1.807, 2.05) is 0 Å². The molecule has 1 aliphatic carbocycles. The van der Waals surface area contributed by atoms with Gasteiger partial charge in [-0.3, -0.25) is 4.90 Å². The standard InChI is InChI=1S/C16H21BrF2N2O.2ClH/c17-12-9-11(16(22)14(19)13(12)18)15(10-3-1-2-4-10)21-7-5-20-6-8-21;;/h9-10,15,20,22H,1-8H2;2*1H/t15-;;/m0../s1. The number of phenols is 1. The van der Waals surface area contributed by atoms with E-state index in [1.54, 1.807) is 6.07 Å². The van der Waals surface area contributed by atoms with Crippen LogP contribution in [0.25, 0.3) is 0 Å². The molecule has 3 rings (SSSR count). The van der Waals surface area contributed by atoms with Crippen LogP contribution in [0.5, 0.6) is 5.75 Å². The van der Waals surface area contributed by atoms with E-state index in [9.17, 15) is 13.9 Å². The second-order valence-electron chi connectivity index (χ2n) is 6.20. The van der Waals surface area contributed by atoms with Gasteiger partial charge in [-0.2, -0.15) is 4.39 Å². The van der Waals surface area contributed by atoms with Gasteiger partial charge in [0.05, 0.1) is 4.47 Å². The summed E-state index contributed by atoms with van der Waals surface area (Å²) < 4.78 is 27.7. The molecule has 2 aliphatic rings. The monoisotopic (exact) mass is 446 g/mol. The quantitative estimate of drug-likeness (QED) is 0.673. The summed E-state index contributed by atoms with van der Waals surface area (Å²) in [4.78, 5) is 2.30. The molecule has 8 heteroatoms. The van der Waals surface area contributed by atoms with Crippen molar-refractivity contribution in [3.05, 3.63) is 27.7 Å². The van der Waals surface area contributed by atoms with E-state index < -0.39 is 17.4 Å². The van der Waals surface area contributed by atoms with Crippen molar-refractivity contribution in [3.63, 3.8) is 0 Å². The van der Waals surface area contributed by atoms with Gasteiger partial charge < -0.3 is 10.4 Å². The smallest absolute Gasteiger partial charge is 0.201 e. The molecule has 0 unspecified atom stereocenters. The largest absolute Gasteiger partial charge is 0.505 e. The first kappa shape index (κ1) is 21.9. The van der Waals surface area contributed by atoms with Crippen LogP contribution >= 0.6 is 40.7 Å². The van der Waals surface area contributed by atoms with Crippen LogP contribution in [0.15, 0.2) is 10.5 Å². The molecule has 0 aromatic heterocycles. The highest BCUT2D eigenvalue weighted by Crippen LogP contribution is 2.44. The van der Waals surface area contributed by atoms with Crippen molar-refractivity contribution in [3.8, 4) is 5.75 Å². The van der Waals surface area contributed by atoms with Gasteiger partial charge in [0.1, 0.15) is 0 Å². The first-order valence-corrected chi connectivity index (χ1v) is 8.70. The number of phenolic OH excluding ortho intramolecular Hbond substituents is 1. The maximum absolute atomic E-state index is 14.0. The third-order valence-corrected chi connectivity index (χ3v) is 5.45. The van der Waals surface area contributed by atoms with Crippen LogP contribution in [0.4, 0.5) is 8.78 Å². The van der Waals surface area contributed by atoms with Crippen LogP contribution in [0.2, 0.25) is 0 Å². The van der Waals surface area contributed by atoms with Crippen LogP contribution < -0.4 is 5.32 Å². The van der Waals surface area contributed by atoms with Crippen LogP contribution in [0.1, 0.15) is 37.3 Å². The Labute approximate surface area is 162 Å². The van der Waals surface area contributed by atoms with E-state index in [0.717, 1.165) is 39.0 Å². The molecule has 1 saturated heterocycles. The lowest BCUT2D eigenvalue weighted by molar-refractivity contribution is 0.122. The van der Waals surface area contributed by atoms with Gasteiger partial charge in [0, 0.05) is 37.8 Å². The molecule has 1 saturated carbocycles. The fourth-order valence-electron chi connectivity index (χ4n) is 3.81. The molecule has 2 N–H and O–H groups in total. The lowest BCUT2D eigenvalue weighted by Crippen LogP contribution is -2.46. The number of benzene rings is 1. The predicted molar refractivity (Wildman–Crippen MR) is 99.4 cm³/mol. The van der Waals surface area contributed by atoms with E-state index in [2.05, 4.69) is 26.1 Å². The van der Waals surface area contributed by atoms with Crippen molar-refractivity contribution >= 4 is 40.7 Å². The average Bonchev–Trinajstić information content (AvgIpc) is 3.05. The minimum absolute atomic E-state index is 0. The molecule has 138 valence electrons. The van der Waals surface area contributed by atoms with Crippen molar-refractivity contribution in [1.29, 1.82) is 0 Å². The summed E-state index contributed by atoms with van der Waals surface area (Å²) in [5.41, 5.74) is 0.513. The highest BCUT2D eigenvalue weighted by atomic mass is 79.9. The molecule has 1 aromatic rings. The molecule has 1 aliphatic heterocycles. The van der Waals surface area contributed by atoms with E-state index in [1.165, 1.54) is 12.8 Å². The Morgan fingerprint density at radius 1 is 1.12 bits per heavy atom. The topological polar surface area (TPSA) is 35.5 Å². The second kappa shape index (κ2) is 9.53. The third-order valence-electron chi connectivity index (χ3n) is 4.88. The Balaban J connectivity index is 0.00000144. The lowest BCUT2D eigenvalue weighted by atomic mass is 9.89. The van der Waals surface area contributed by atoms with Gasteiger partial charge in [0.2, 0.25) is 5.82 Å².